The molecule has 13 heteroatoms. The lowest BCUT2D eigenvalue weighted by Crippen LogP contribution is -2.40. The number of imidazole rings is 1. The first-order valence-corrected chi connectivity index (χ1v) is 12.9. The lowest BCUT2D eigenvalue weighted by atomic mass is 10.0. The van der Waals surface area contributed by atoms with Gasteiger partial charge in [0.1, 0.15) is 18.1 Å². The number of fused-ring (bicyclic) bond motifs is 2. The number of rotatable bonds is 6. The van der Waals surface area contributed by atoms with Crippen LogP contribution < -0.4 is 16.0 Å². The van der Waals surface area contributed by atoms with Crippen LogP contribution in [0.25, 0.3) is 10.1 Å². The molecule has 3 aromatic heterocycles. The van der Waals surface area contributed by atoms with Crippen molar-refractivity contribution in [3.05, 3.63) is 101 Å². The van der Waals surface area contributed by atoms with Crippen molar-refractivity contribution in [3.63, 3.8) is 0 Å². The summed E-state index contributed by atoms with van der Waals surface area (Å²) >= 11 is 7.60. The molecule has 6 rings (SSSR count). The molecule has 5 aromatic rings. The Bertz CT molecular complexity index is 1730. The zero-order chi connectivity index (χ0) is 27.1. The Labute approximate surface area is 229 Å². The van der Waals surface area contributed by atoms with Crippen molar-refractivity contribution < 1.29 is 19.1 Å². The van der Waals surface area contributed by atoms with Crippen molar-refractivity contribution in [3.8, 4) is 0 Å². The van der Waals surface area contributed by atoms with Crippen LogP contribution in [0.2, 0.25) is 5.02 Å². The molecule has 1 aliphatic heterocycles. The predicted octanol–water partition coefficient (Wildman–Crippen LogP) is 4.25. The third-order valence-electron chi connectivity index (χ3n) is 6.24. The average molecular weight is 564 g/mol. The minimum Gasteiger partial charge on any atom is -0.367 e. The number of halogens is 2. The van der Waals surface area contributed by atoms with Crippen LogP contribution in [0, 0.1) is 5.82 Å². The molecule has 0 bridgehead atoms. The number of benzene rings is 2. The number of carbonyl (C=O) groups is 2. The Kier molecular flexibility index (Phi) is 6.43. The molecule has 0 fully saturated rings. The van der Waals surface area contributed by atoms with Crippen LogP contribution in [0.3, 0.4) is 0 Å². The molecule has 4 N–H and O–H groups in total. The highest BCUT2D eigenvalue weighted by Crippen LogP contribution is 2.37. The molecule has 0 radical (unpaired) electrons. The summed E-state index contributed by atoms with van der Waals surface area (Å²) in [5, 5.41) is 20.5. The minimum atomic E-state index is -1.37. The molecule has 0 saturated carbocycles. The number of amides is 2. The van der Waals surface area contributed by atoms with Crippen LogP contribution >= 0.6 is 23.1 Å². The zero-order valence-electron chi connectivity index (χ0n) is 19.9. The van der Waals surface area contributed by atoms with Gasteiger partial charge in [0, 0.05) is 34.1 Å². The number of nitrogens with one attached hydrogen (secondary N) is 3. The molecule has 2 aromatic carbocycles. The summed E-state index contributed by atoms with van der Waals surface area (Å²) in [6, 6.07) is 13.5. The standard InChI is InChI=1S/C26H19ClFN7O3S/c27-17-6-5-13(28)11-16(17)20-22-23(33-25(37)21-15-3-1-2-4-18(15)39-34-21)32-24(35(22)12-19(36)31-20)26(38)30-14-7-9-29-10-8-14/h1-11,20,26,38H,12H2,(H,29,30)(H,31,36)(H,33,37)/t20-,26?/m0/s1. The molecule has 0 aliphatic carbocycles. The van der Waals surface area contributed by atoms with Crippen molar-refractivity contribution in [2.75, 3.05) is 10.6 Å². The number of carbonyl (C=O) groups excluding carboxylic acids is 2. The number of aliphatic hydroxyl groups excluding tert-OH is 1. The summed E-state index contributed by atoms with van der Waals surface area (Å²) in [6.07, 6.45) is 1.73. The Hall–Kier alpha value is -4.39. The van der Waals surface area contributed by atoms with E-state index < -0.39 is 29.9 Å². The van der Waals surface area contributed by atoms with Gasteiger partial charge in [0.15, 0.2) is 17.9 Å². The van der Waals surface area contributed by atoms with Gasteiger partial charge in [-0.3, -0.25) is 14.6 Å². The Morgan fingerprint density at radius 2 is 2.00 bits per heavy atom. The van der Waals surface area contributed by atoms with Gasteiger partial charge in [0.05, 0.1) is 16.4 Å². The van der Waals surface area contributed by atoms with Crippen molar-refractivity contribution in [1.82, 2.24) is 24.2 Å². The van der Waals surface area contributed by atoms with E-state index in [0.717, 1.165) is 4.70 Å². The number of nitrogens with zero attached hydrogens (tertiary/aromatic N) is 4. The van der Waals surface area contributed by atoms with Crippen molar-refractivity contribution in [1.29, 1.82) is 0 Å². The van der Waals surface area contributed by atoms with Gasteiger partial charge in [-0.1, -0.05) is 29.8 Å². The van der Waals surface area contributed by atoms with E-state index >= 15 is 0 Å². The number of hydrogen-bond acceptors (Lipinski definition) is 8. The number of anilines is 2. The molecule has 0 saturated heterocycles. The molecule has 1 aliphatic rings. The van der Waals surface area contributed by atoms with E-state index in [2.05, 4.69) is 30.3 Å². The second kappa shape index (κ2) is 10.1. The summed E-state index contributed by atoms with van der Waals surface area (Å²) in [6.45, 7) is -0.203. The maximum absolute atomic E-state index is 14.3. The van der Waals surface area contributed by atoms with Gasteiger partial charge in [0.2, 0.25) is 5.91 Å². The Morgan fingerprint density at radius 3 is 2.82 bits per heavy atom. The largest absolute Gasteiger partial charge is 0.367 e. The number of hydrogen-bond donors (Lipinski definition) is 4. The maximum atomic E-state index is 14.3. The van der Waals surface area contributed by atoms with Gasteiger partial charge < -0.3 is 25.6 Å². The lowest BCUT2D eigenvalue weighted by Gasteiger charge is -2.28. The summed E-state index contributed by atoms with van der Waals surface area (Å²) in [4.78, 5) is 34.7. The van der Waals surface area contributed by atoms with Gasteiger partial charge >= 0.3 is 0 Å². The molecule has 2 atom stereocenters. The van der Waals surface area contributed by atoms with Crippen LogP contribution in [-0.4, -0.2) is 35.8 Å². The number of aromatic nitrogens is 4. The molecule has 39 heavy (non-hydrogen) atoms. The van der Waals surface area contributed by atoms with E-state index in [9.17, 15) is 19.1 Å². The van der Waals surface area contributed by atoms with Gasteiger partial charge in [-0.25, -0.2) is 9.37 Å². The van der Waals surface area contributed by atoms with Crippen LogP contribution in [0.15, 0.2) is 67.0 Å². The highest BCUT2D eigenvalue weighted by atomic mass is 35.5. The predicted molar refractivity (Wildman–Crippen MR) is 144 cm³/mol. The molecule has 0 spiro atoms. The molecular weight excluding hydrogens is 545 g/mol. The highest BCUT2D eigenvalue weighted by molar-refractivity contribution is 7.13. The minimum absolute atomic E-state index is 0.0626. The van der Waals surface area contributed by atoms with E-state index in [4.69, 9.17) is 11.6 Å². The van der Waals surface area contributed by atoms with Crippen LogP contribution in [0.4, 0.5) is 15.9 Å². The monoisotopic (exact) mass is 563 g/mol. The van der Waals surface area contributed by atoms with Crippen molar-refractivity contribution in [2.24, 2.45) is 0 Å². The molecule has 196 valence electrons. The highest BCUT2D eigenvalue weighted by Gasteiger charge is 2.36. The normalized spacial score (nSPS) is 15.5. The second-order valence-electron chi connectivity index (χ2n) is 8.72. The van der Waals surface area contributed by atoms with Crippen LogP contribution in [0.5, 0.6) is 0 Å². The SMILES string of the molecule is O=C1Cn2c(C(O)Nc3ccncc3)nc(NC(=O)c3nsc4ccccc34)c2[C@H](c2cc(F)ccc2Cl)N1. The van der Waals surface area contributed by atoms with E-state index in [1.165, 1.54) is 34.3 Å². The van der Waals surface area contributed by atoms with Gasteiger partial charge in [-0.15, -0.1) is 0 Å². The van der Waals surface area contributed by atoms with Gasteiger partial charge in [-0.2, -0.15) is 4.37 Å². The van der Waals surface area contributed by atoms with Crippen molar-refractivity contribution in [2.45, 2.75) is 18.8 Å². The molecular formula is C26H19ClFN7O3S. The summed E-state index contributed by atoms with van der Waals surface area (Å²) in [7, 11) is 0. The number of aliphatic hydroxyl groups is 1. The first-order chi connectivity index (χ1) is 18.9. The van der Waals surface area contributed by atoms with Gasteiger partial charge in [-0.05, 0) is 47.9 Å². The molecule has 10 nitrogen and oxygen atoms in total. The fourth-order valence-electron chi connectivity index (χ4n) is 4.51. The summed E-state index contributed by atoms with van der Waals surface area (Å²) < 4.78 is 20.9. The third-order valence-corrected chi connectivity index (χ3v) is 7.41. The molecule has 4 heterocycles. The molecule has 2 amide bonds. The van der Waals surface area contributed by atoms with E-state index in [-0.39, 0.29) is 34.5 Å². The average Bonchev–Trinajstić information content (AvgIpc) is 3.52. The second-order valence-corrected chi connectivity index (χ2v) is 9.93. The molecule has 1 unspecified atom stereocenters. The maximum Gasteiger partial charge on any atom is 0.277 e. The van der Waals surface area contributed by atoms with Crippen LogP contribution in [0.1, 0.15) is 39.8 Å². The quantitative estimate of drug-likeness (QED) is 0.227. The van der Waals surface area contributed by atoms with Crippen LogP contribution in [-0.2, 0) is 11.3 Å². The lowest BCUT2D eigenvalue weighted by molar-refractivity contribution is -0.123. The fourth-order valence-corrected chi connectivity index (χ4v) is 5.51. The van der Waals surface area contributed by atoms with E-state index in [1.54, 1.807) is 30.6 Å². The first kappa shape index (κ1) is 24.9. The van der Waals surface area contributed by atoms with E-state index in [1.807, 2.05) is 18.2 Å². The van der Waals surface area contributed by atoms with E-state index in [0.29, 0.717) is 16.8 Å². The summed E-state index contributed by atoms with van der Waals surface area (Å²) in [5.41, 5.74) is 1.35. The Balaban J connectivity index is 1.46. The zero-order valence-corrected chi connectivity index (χ0v) is 21.5. The first-order valence-electron chi connectivity index (χ1n) is 11.7. The summed E-state index contributed by atoms with van der Waals surface area (Å²) in [5.74, 6) is -1.37. The Morgan fingerprint density at radius 1 is 1.21 bits per heavy atom. The fraction of sp³-hybridized carbons (Fsp3) is 0.115. The smallest absolute Gasteiger partial charge is 0.277 e. The topological polar surface area (TPSA) is 134 Å². The third kappa shape index (κ3) is 4.69. The number of pyridine rings is 1. The van der Waals surface area contributed by atoms with Crippen molar-refractivity contribution >= 4 is 56.5 Å². The van der Waals surface area contributed by atoms with Gasteiger partial charge in [0.25, 0.3) is 5.91 Å².